The molecule has 4 rings (SSSR count). The predicted molar refractivity (Wildman–Crippen MR) is 107 cm³/mol. The van der Waals surface area contributed by atoms with Gasteiger partial charge in [0, 0.05) is 18.2 Å². The summed E-state index contributed by atoms with van der Waals surface area (Å²) in [6.07, 6.45) is 0.959. The Balaban J connectivity index is 1.89. The van der Waals surface area contributed by atoms with Crippen molar-refractivity contribution in [1.29, 1.82) is 0 Å². The third-order valence-electron chi connectivity index (χ3n) is 4.52. The van der Waals surface area contributed by atoms with Crippen LogP contribution in [-0.2, 0) is 7.05 Å². The van der Waals surface area contributed by atoms with Gasteiger partial charge in [-0.1, -0.05) is 73.7 Å². The van der Waals surface area contributed by atoms with Crippen molar-refractivity contribution in [3.05, 3.63) is 72.8 Å². The molecule has 0 amide bonds. The molecule has 0 aliphatic carbocycles. The molecule has 0 aliphatic rings. The highest BCUT2D eigenvalue weighted by atomic mass is 16.5. The number of nitrogens with zero attached hydrogens (tertiary/aromatic N) is 2. The Bertz CT molecular complexity index is 1030. The molecule has 0 bridgehead atoms. The molecule has 3 nitrogen and oxygen atoms in total. The van der Waals surface area contributed by atoms with Crippen LogP contribution in [0.3, 0.4) is 0 Å². The van der Waals surface area contributed by atoms with Crippen molar-refractivity contribution in [3.63, 3.8) is 0 Å². The van der Waals surface area contributed by atoms with Crippen molar-refractivity contribution >= 4 is 10.8 Å². The number of fused-ring (bicyclic) bond motifs is 1. The number of ether oxygens (including phenoxy) is 1. The second-order valence-electron chi connectivity index (χ2n) is 6.43. The lowest BCUT2D eigenvalue weighted by Crippen LogP contribution is -1.98. The number of rotatable bonds is 5. The molecule has 1 heterocycles. The number of hydrogen-bond acceptors (Lipinski definition) is 2. The van der Waals surface area contributed by atoms with E-state index in [0.717, 1.165) is 34.7 Å². The average molecular weight is 342 g/mol. The summed E-state index contributed by atoms with van der Waals surface area (Å²) in [4.78, 5) is 0. The monoisotopic (exact) mass is 342 g/mol. The van der Waals surface area contributed by atoms with Gasteiger partial charge in [-0.05, 0) is 23.3 Å². The molecular weight excluding hydrogens is 320 g/mol. The van der Waals surface area contributed by atoms with E-state index in [1.807, 2.05) is 29.9 Å². The van der Waals surface area contributed by atoms with Crippen molar-refractivity contribution in [2.75, 3.05) is 6.61 Å². The Kier molecular flexibility index (Phi) is 4.44. The van der Waals surface area contributed by atoms with Gasteiger partial charge in [-0.15, -0.1) is 0 Å². The van der Waals surface area contributed by atoms with Crippen LogP contribution in [-0.4, -0.2) is 16.4 Å². The number of aryl methyl sites for hydroxylation is 1. The van der Waals surface area contributed by atoms with E-state index < -0.39 is 0 Å². The van der Waals surface area contributed by atoms with Gasteiger partial charge in [-0.2, -0.15) is 5.10 Å². The molecule has 0 spiro atoms. The van der Waals surface area contributed by atoms with Gasteiger partial charge >= 0.3 is 0 Å². The largest absolute Gasteiger partial charge is 0.489 e. The zero-order valence-corrected chi connectivity index (χ0v) is 15.1. The maximum Gasteiger partial charge on any atom is 0.173 e. The first kappa shape index (κ1) is 16.4. The van der Waals surface area contributed by atoms with E-state index in [2.05, 4.69) is 61.5 Å². The first-order valence-corrected chi connectivity index (χ1v) is 9.02. The van der Waals surface area contributed by atoms with Gasteiger partial charge in [0.2, 0.25) is 0 Å². The van der Waals surface area contributed by atoms with Gasteiger partial charge in [0.05, 0.1) is 6.61 Å². The molecular formula is C23H22N2O. The lowest BCUT2D eigenvalue weighted by atomic mass is 10.0. The highest BCUT2D eigenvalue weighted by Crippen LogP contribution is 2.39. The van der Waals surface area contributed by atoms with E-state index in [0.29, 0.717) is 6.61 Å². The molecule has 1 aromatic heterocycles. The summed E-state index contributed by atoms with van der Waals surface area (Å²) in [5, 5.41) is 7.24. The van der Waals surface area contributed by atoms with Crippen molar-refractivity contribution in [3.8, 4) is 28.3 Å². The molecule has 0 saturated carbocycles. The number of hydrogen-bond donors (Lipinski definition) is 0. The fourth-order valence-electron chi connectivity index (χ4n) is 3.28. The molecule has 0 aliphatic heterocycles. The fraction of sp³-hybridized carbons (Fsp3) is 0.174. The molecule has 0 N–H and O–H groups in total. The average Bonchev–Trinajstić information content (AvgIpc) is 3.02. The summed E-state index contributed by atoms with van der Waals surface area (Å²) < 4.78 is 8.10. The molecule has 3 aromatic carbocycles. The molecule has 130 valence electrons. The zero-order chi connectivity index (χ0) is 17.9. The maximum absolute atomic E-state index is 6.18. The van der Waals surface area contributed by atoms with Gasteiger partial charge in [0.15, 0.2) is 5.75 Å². The molecule has 4 aromatic rings. The van der Waals surface area contributed by atoms with Gasteiger partial charge in [0.1, 0.15) is 11.4 Å². The minimum absolute atomic E-state index is 0.673. The zero-order valence-electron chi connectivity index (χ0n) is 15.1. The van der Waals surface area contributed by atoms with E-state index in [9.17, 15) is 0 Å². The second kappa shape index (κ2) is 7.04. The highest BCUT2D eigenvalue weighted by molar-refractivity contribution is 5.89. The molecule has 0 atom stereocenters. The molecule has 3 heteroatoms. The van der Waals surface area contributed by atoms with Crippen LogP contribution in [0.1, 0.15) is 13.3 Å². The van der Waals surface area contributed by atoms with Crippen LogP contribution in [0.25, 0.3) is 33.3 Å². The molecule has 0 unspecified atom stereocenters. The van der Waals surface area contributed by atoms with Crippen molar-refractivity contribution < 1.29 is 4.74 Å². The van der Waals surface area contributed by atoms with E-state index >= 15 is 0 Å². The Morgan fingerprint density at radius 2 is 1.58 bits per heavy atom. The topological polar surface area (TPSA) is 27.1 Å². The van der Waals surface area contributed by atoms with Crippen LogP contribution >= 0.6 is 0 Å². The summed E-state index contributed by atoms with van der Waals surface area (Å²) in [5.74, 6) is 0.857. The lowest BCUT2D eigenvalue weighted by Gasteiger charge is -2.09. The SMILES string of the molecule is CCCOc1c(-c2ccc3ccccc3c2)nn(C)c1-c1ccccc1. The van der Waals surface area contributed by atoms with Crippen LogP contribution in [0.2, 0.25) is 0 Å². The van der Waals surface area contributed by atoms with Crippen LogP contribution in [0.5, 0.6) is 5.75 Å². The minimum Gasteiger partial charge on any atom is -0.489 e. The van der Waals surface area contributed by atoms with Crippen LogP contribution in [0, 0.1) is 0 Å². The quantitative estimate of drug-likeness (QED) is 0.465. The third-order valence-corrected chi connectivity index (χ3v) is 4.52. The van der Waals surface area contributed by atoms with Crippen molar-refractivity contribution in [1.82, 2.24) is 9.78 Å². The summed E-state index contributed by atoms with van der Waals surface area (Å²) in [6, 6.07) is 25.1. The van der Waals surface area contributed by atoms with Crippen molar-refractivity contribution in [2.24, 2.45) is 7.05 Å². The Hall–Kier alpha value is -3.07. The van der Waals surface area contributed by atoms with E-state index in [4.69, 9.17) is 9.84 Å². The normalized spacial score (nSPS) is 11.0. The van der Waals surface area contributed by atoms with Gasteiger partial charge in [-0.25, -0.2) is 0 Å². The minimum atomic E-state index is 0.673. The molecule has 0 saturated heterocycles. The summed E-state index contributed by atoms with van der Waals surface area (Å²) in [5.41, 5.74) is 4.10. The molecule has 0 radical (unpaired) electrons. The Morgan fingerprint density at radius 1 is 0.846 bits per heavy atom. The Labute approximate surface area is 153 Å². The number of benzene rings is 3. The smallest absolute Gasteiger partial charge is 0.173 e. The Morgan fingerprint density at radius 3 is 2.35 bits per heavy atom. The fourth-order valence-corrected chi connectivity index (χ4v) is 3.28. The van der Waals surface area contributed by atoms with Crippen molar-refractivity contribution in [2.45, 2.75) is 13.3 Å². The first-order valence-electron chi connectivity index (χ1n) is 9.02. The lowest BCUT2D eigenvalue weighted by molar-refractivity contribution is 0.320. The van der Waals surface area contributed by atoms with Gasteiger partial charge in [-0.3, -0.25) is 4.68 Å². The standard InChI is InChI=1S/C23H22N2O/c1-3-15-26-23-21(20-14-13-17-9-7-8-12-19(17)16-20)24-25(2)22(23)18-10-5-4-6-11-18/h4-14,16H,3,15H2,1-2H3. The second-order valence-corrected chi connectivity index (χ2v) is 6.43. The number of aromatic nitrogens is 2. The van der Waals surface area contributed by atoms with Crippen LogP contribution < -0.4 is 4.74 Å². The van der Waals surface area contributed by atoms with Crippen LogP contribution in [0.4, 0.5) is 0 Å². The van der Waals surface area contributed by atoms with Crippen LogP contribution in [0.15, 0.2) is 72.8 Å². The summed E-state index contributed by atoms with van der Waals surface area (Å²) >= 11 is 0. The molecule has 26 heavy (non-hydrogen) atoms. The van der Waals surface area contributed by atoms with E-state index in [1.165, 1.54) is 10.8 Å². The summed E-state index contributed by atoms with van der Waals surface area (Å²) in [7, 11) is 1.98. The third kappa shape index (κ3) is 2.97. The molecule has 0 fully saturated rings. The predicted octanol–water partition coefficient (Wildman–Crippen LogP) is 5.70. The summed E-state index contributed by atoms with van der Waals surface area (Å²) in [6.45, 7) is 2.79. The van der Waals surface area contributed by atoms with E-state index in [1.54, 1.807) is 0 Å². The van der Waals surface area contributed by atoms with Gasteiger partial charge < -0.3 is 4.74 Å². The maximum atomic E-state index is 6.18. The highest BCUT2D eigenvalue weighted by Gasteiger charge is 2.20. The first-order chi connectivity index (χ1) is 12.8. The van der Waals surface area contributed by atoms with E-state index in [-0.39, 0.29) is 0 Å². The van der Waals surface area contributed by atoms with Gasteiger partial charge in [0.25, 0.3) is 0 Å².